The van der Waals surface area contributed by atoms with Gasteiger partial charge < -0.3 is 25.7 Å². The van der Waals surface area contributed by atoms with Gasteiger partial charge >= 0.3 is 6.01 Å². The lowest BCUT2D eigenvalue weighted by Crippen LogP contribution is -2.24. The van der Waals surface area contributed by atoms with Crippen LogP contribution in [0.1, 0.15) is 12.8 Å². The third-order valence-electron chi connectivity index (χ3n) is 6.44. The van der Waals surface area contributed by atoms with E-state index in [1.165, 1.54) is 18.5 Å². The van der Waals surface area contributed by atoms with E-state index in [1.54, 1.807) is 19.4 Å². The Kier molecular flexibility index (Phi) is 3.82. The van der Waals surface area contributed by atoms with Crippen molar-refractivity contribution in [1.82, 2.24) is 24.9 Å². The number of fused-ring (bicyclic) bond motifs is 3. The molecule has 1 aliphatic heterocycles. The molecule has 0 radical (unpaired) electrons. The summed E-state index contributed by atoms with van der Waals surface area (Å²) in [4.78, 5) is 22.8. The average Bonchev–Trinajstić information content (AvgIpc) is 3.08. The van der Waals surface area contributed by atoms with Gasteiger partial charge in [0.05, 0.1) is 29.0 Å². The van der Waals surface area contributed by atoms with E-state index in [1.807, 2.05) is 0 Å². The second kappa shape index (κ2) is 6.48. The van der Waals surface area contributed by atoms with E-state index in [-0.39, 0.29) is 23.3 Å². The molecule has 1 saturated heterocycles. The maximum absolute atomic E-state index is 14.4. The van der Waals surface area contributed by atoms with Crippen molar-refractivity contribution in [3.05, 3.63) is 36.7 Å². The van der Waals surface area contributed by atoms with E-state index in [9.17, 15) is 4.39 Å². The molecule has 1 spiro atoms. The monoisotopic (exact) mass is 420 g/mol. The number of rotatable bonds is 4. The first-order valence-corrected chi connectivity index (χ1v) is 10.2. The highest BCUT2D eigenvalue weighted by molar-refractivity contribution is 6.14. The number of nitrogens with two attached hydrogens (primary N) is 1. The van der Waals surface area contributed by atoms with Gasteiger partial charge in [0.15, 0.2) is 5.75 Å². The first-order valence-electron chi connectivity index (χ1n) is 10.2. The maximum Gasteiger partial charge on any atom is 0.326 e. The third-order valence-corrected chi connectivity index (χ3v) is 6.44. The Morgan fingerprint density at radius 2 is 2.10 bits per heavy atom. The predicted molar refractivity (Wildman–Crippen MR) is 115 cm³/mol. The Bertz CT molecular complexity index is 1310. The van der Waals surface area contributed by atoms with Crippen LogP contribution in [-0.4, -0.2) is 51.1 Å². The van der Waals surface area contributed by atoms with E-state index in [2.05, 4.69) is 30.2 Å². The molecule has 6 rings (SSSR count). The van der Waals surface area contributed by atoms with Crippen LogP contribution < -0.4 is 20.7 Å². The van der Waals surface area contributed by atoms with Crippen molar-refractivity contribution >= 4 is 33.4 Å². The van der Waals surface area contributed by atoms with Crippen LogP contribution in [0.2, 0.25) is 0 Å². The van der Waals surface area contributed by atoms with Crippen LogP contribution in [0.3, 0.4) is 0 Å². The van der Waals surface area contributed by atoms with Gasteiger partial charge in [-0.05, 0) is 25.0 Å². The van der Waals surface area contributed by atoms with Crippen molar-refractivity contribution in [2.75, 3.05) is 30.4 Å². The summed E-state index contributed by atoms with van der Waals surface area (Å²) in [5, 5.41) is 4.55. The number of halogens is 1. The van der Waals surface area contributed by atoms with Gasteiger partial charge in [-0.15, -0.1) is 0 Å². The summed E-state index contributed by atoms with van der Waals surface area (Å²) in [5.74, 6) is 0.826. The van der Waals surface area contributed by atoms with Crippen LogP contribution in [0.5, 0.6) is 11.8 Å². The summed E-state index contributed by atoms with van der Waals surface area (Å²) in [6, 6.07) is 3.37. The number of nitrogens with one attached hydrogen (secondary N) is 2. The van der Waals surface area contributed by atoms with Crippen molar-refractivity contribution < 1.29 is 9.13 Å². The highest BCUT2D eigenvalue weighted by atomic mass is 19.1. The van der Waals surface area contributed by atoms with Crippen LogP contribution in [0, 0.1) is 11.2 Å². The highest BCUT2D eigenvalue weighted by Crippen LogP contribution is 2.53. The fourth-order valence-corrected chi connectivity index (χ4v) is 4.66. The fourth-order valence-electron chi connectivity index (χ4n) is 4.66. The molecule has 10 heteroatoms. The zero-order valence-electron chi connectivity index (χ0n) is 16.9. The molecular formula is C21H21FN8O. The highest BCUT2D eigenvalue weighted by Gasteiger charge is 2.55. The Hall–Kier alpha value is -3.53. The number of ether oxygens (including phenoxy) is 1. The van der Waals surface area contributed by atoms with E-state index in [4.69, 9.17) is 15.5 Å². The zero-order chi connectivity index (χ0) is 21.2. The minimum absolute atomic E-state index is 0.152. The molecule has 2 unspecified atom stereocenters. The first kappa shape index (κ1) is 18.3. The largest absolute Gasteiger partial charge is 0.421 e. The van der Waals surface area contributed by atoms with Crippen LogP contribution in [0.15, 0.2) is 30.9 Å². The number of anilines is 2. The number of nitrogens with zero attached hydrogens (tertiary/aromatic N) is 5. The van der Waals surface area contributed by atoms with Gasteiger partial charge in [0.1, 0.15) is 23.6 Å². The van der Waals surface area contributed by atoms with E-state index >= 15 is 0 Å². The van der Waals surface area contributed by atoms with E-state index in [0.717, 1.165) is 42.2 Å². The minimum Gasteiger partial charge on any atom is -0.421 e. The standard InChI is InChI=1S/C21H21FN8O/c1-24-14-5-11(22)4-13-16-18(27-17(13)14)28-20(31-12-7-25-10-26-8-12)29-19(16)30-3-2-21(9-30)6-15(21)23/h4-5,7-8,10,15,24H,2-3,6,9,23H2,1H3,(H,27,28,29). The molecule has 158 valence electrons. The van der Waals surface area contributed by atoms with E-state index in [0.29, 0.717) is 22.9 Å². The lowest BCUT2D eigenvalue weighted by atomic mass is 10.1. The predicted octanol–water partition coefficient (Wildman–Crippen LogP) is 2.80. The molecule has 4 N–H and O–H groups in total. The molecule has 9 nitrogen and oxygen atoms in total. The molecule has 2 aliphatic rings. The number of aromatic amines is 1. The Balaban J connectivity index is 1.55. The molecule has 0 bridgehead atoms. The number of H-pyrrole nitrogens is 1. The van der Waals surface area contributed by atoms with Crippen molar-refractivity contribution in [1.29, 1.82) is 0 Å². The van der Waals surface area contributed by atoms with Crippen molar-refractivity contribution in [3.63, 3.8) is 0 Å². The van der Waals surface area contributed by atoms with Crippen molar-refractivity contribution in [2.45, 2.75) is 18.9 Å². The summed E-state index contributed by atoms with van der Waals surface area (Å²) in [7, 11) is 1.76. The van der Waals surface area contributed by atoms with Crippen molar-refractivity contribution in [2.24, 2.45) is 11.1 Å². The van der Waals surface area contributed by atoms with Crippen LogP contribution in [0.25, 0.3) is 21.9 Å². The van der Waals surface area contributed by atoms with Gasteiger partial charge in [0.2, 0.25) is 0 Å². The lowest BCUT2D eigenvalue weighted by Gasteiger charge is -2.19. The van der Waals surface area contributed by atoms with Gasteiger partial charge in [0.25, 0.3) is 0 Å². The van der Waals surface area contributed by atoms with Crippen LogP contribution in [0.4, 0.5) is 15.9 Å². The molecule has 4 heterocycles. The first-order chi connectivity index (χ1) is 15.1. The Morgan fingerprint density at radius 1 is 1.29 bits per heavy atom. The second-order valence-electron chi connectivity index (χ2n) is 8.33. The summed E-state index contributed by atoms with van der Waals surface area (Å²) in [6.07, 6.45) is 6.56. The third kappa shape index (κ3) is 2.86. The molecular weight excluding hydrogens is 399 g/mol. The molecule has 1 saturated carbocycles. The fraction of sp³-hybridized carbons (Fsp3) is 0.333. The van der Waals surface area contributed by atoms with E-state index < -0.39 is 0 Å². The smallest absolute Gasteiger partial charge is 0.326 e. The Labute approximate surface area is 176 Å². The SMILES string of the molecule is CNc1cc(F)cc2c1[nH]c1nc(Oc3cncnc3)nc(N3CCC4(CC4N)C3)c12. The molecule has 1 aromatic carbocycles. The van der Waals surface area contributed by atoms with Gasteiger partial charge in [-0.1, -0.05) is 0 Å². The van der Waals surface area contributed by atoms with Gasteiger partial charge in [-0.2, -0.15) is 9.97 Å². The minimum atomic E-state index is -0.326. The summed E-state index contributed by atoms with van der Waals surface area (Å²) in [5.41, 5.74) is 8.37. The molecule has 2 atom stereocenters. The molecule has 2 fully saturated rings. The average molecular weight is 420 g/mol. The number of hydrogen-bond donors (Lipinski definition) is 3. The maximum atomic E-state index is 14.4. The number of hydrogen-bond acceptors (Lipinski definition) is 8. The normalized spacial score (nSPS) is 22.5. The van der Waals surface area contributed by atoms with Crippen LogP contribution >= 0.6 is 0 Å². The zero-order valence-corrected chi connectivity index (χ0v) is 16.9. The van der Waals surface area contributed by atoms with Gasteiger partial charge in [0, 0.05) is 37.0 Å². The summed E-state index contributed by atoms with van der Waals surface area (Å²) >= 11 is 0. The molecule has 0 amide bonds. The molecule has 4 aromatic rings. The van der Waals surface area contributed by atoms with Gasteiger partial charge in [-0.3, -0.25) is 0 Å². The van der Waals surface area contributed by atoms with Gasteiger partial charge in [-0.25, -0.2) is 14.4 Å². The lowest BCUT2D eigenvalue weighted by molar-refractivity contribution is 0.439. The molecule has 3 aromatic heterocycles. The molecule has 1 aliphatic carbocycles. The topological polar surface area (TPSA) is 118 Å². The molecule has 31 heavy (non-hydrogen) atoms. The summed E-state index contributed by atoms with van der Waals surface area (Å²) in [6.45, 7) is 1.64. The second-order valence-corrected chi connectivity index (χ2v) is 8.33. The number of aromatic nitrogens is 5. The Morgan fingerprint density at radius 3 is 2.81 bits per heavy atom. The van der Waals surface area contributed by atoms with Crippen LogP contribution in [-0.2, 0) is 0 Å². The number of benzene rings is 1. The van der Waals surface area contributed by atoms with Crippen molar-refractivity contribution in [3.8, 4) is 11.8 Å². The quantitative estimate of drug-likeness (QED) is 0.461. The summed E-state index contributed by atoms with van der Waals surface area (Å²) < 4.78 is 20.2.